The first-order chi connectivity index (χ1) is 16.2. The Balaban J connectivity index is 1.36. The molecule has 0 amide bonds. The van der Waals surface area contributed by atoms with Crippen molar-refractivity contribution in [3.05, 3.63) is 119 Å². The Kier molecular flexibility index (Phi) is 6.25. The van der Waals surface area contributed by atoms with Crippen LogP contribution in [0.15, 0.2) is 97.1 Å². The number of halogens is 1. The van der Waals surface area contributed by atoms with Crippen molar-refractivity contribution < 1.29 is 0 Å². The third-order valence-electron chi connectivity index (χ3n) is 5.85. The third-order valence-corrected chi connectivity index (χ3v) is 6.09. The van der Waals surface area contributed by atoms with Crippen LogP contribution in [0.2, 0.25) is 5.02 Å². The highest BCUT2D eigenvalue weighted by atomic mass is 35.5. The molecule has 1 aromatic heterocycles. The number of benzene rings is 4. The third kappa shape index (κ3) is 5.00. The summed E-state index contributed by atoms with van der Waals surface area (Å²) in [5, 5.41) is 6.58. The molecule has 1 heterocycles. The molecule has 164 valence electrons. The molecule has 0 bridgehead atoms. The lowest BCUT2D eigenvalue weighted by atomic mass is 10.1. The van der Waals surface area contributed by atoms with E-state index >= 15 is 0 Å². The normalized spacial score (nSPS) is 11.4. The average molecular weight is 452 g/mol. The Labute approximate surface area is 199 Å². The zero-order valence-electron chi connectivity index (χ0n) is 18.6. The van der Waals surface area contributed by atoms with E-state index in [0.717, 1.165) is 47.1 Å². The maximum Gasteiger partial charge on any atom is 0.0745 e. The molecule has 0 atom stereocenters. The molecule has 0 aliphatic heterocycles. The fraction of sp³-hybridized carbons (Fsp3) is 0.138. The molecule has 0 fully saturated rings. The summed E-state index contributed by atoms with van der Waals surface area (Å²) in [6.45, 7) is 2.57. The van der Waals surface area contributed by atoms with Gasteiger partial charge in [-0.25, -0.2) is 4.98 Å². The SMILES string of the molecule is CN(Cc1ccccc1)Cc1cccc(CNc2c3ccccc3nc3cc(Cl)ccc23)c1. The van der Waals surface area contributed by atoms with Crippen LogP contribution in [0, 0.1) is 0 Å². The Bertz CT molecular complexity index is 1400. The molecule has 0 saturated heterocycles. The van der Waals surface area contributed by atoms with Gasteiger partial charge in [-0.3, -0.25) is 4.90 Å². The summed E-state index contributed by atoms with van der Waals surface area (Å²) in [6, 6.07) is 33.5. The van der Waals surface area contributed by atoms with Gasteiger partial charge in [0.2, 0.25) is 0 Å². The summed E-state index contributed by atoms with van der Waals surface area (Å²) in [5.41, 5.74) is 6.85. The highest BCUT2D eigenvalue weighted by Crippen LogP contribution is 2.32. The van der Waals surface area contributed by atoms with Gasteiger partial charge in [0.1, 0.15) is 0 Å². The van der Waals surface area contributed by atoms with Gasteiger partial charge in [-0.05, 0) is 48.0 Å². The molecule has 0 radical (unpaired) electrons. The second-order valence-electron chi connectivity index (χ2n) is 8.50. The Morgan fingerprint density at radius 3 is 2.27 bits per heavy atom. The standard InChI is InChI=1S/C29H26ClN3/c1-33(19-21-8-3-2-4-9-21)20-23-11-7-10-22(16-23)18-31-29-25-12-5-6-13-27(25)32-28-17-24(30)14-15-26(28)29/h2-17H,18-20H2,1H3,(H,31,32). The van der Waals surface area contributed by atoms with E-state index < -0.39 is 0 Å². The van der Waals surface area contributed by atoms with Crippen molar-refractivity contribution in [3.63, 3.8) is 0 Å². The maximum absolute atomic E-state index is 6.24. The Hall–Kier alpha value is -3.40. The largest absolute Gasteiger partial charge is 0.380 e. The predicted molar refractivity (Wildman–Crippen MR) is 140 cm³/mol. The molecular formula is C29H26ClN3. The zero-order chi connectivity index (χ0) is 22.6. The highest BCUT2D eigenvalue weighted by Gasteiger charge is 2.10. The van der Waals surface area contributed by atoms with Gasteiger partial charge in [0.15, 0.2) is 0 Å². The first-order valence-electron chi connectivity index (χ1n) is 11.2. The van der Waals surface area contributed by atoms with Crippen LogP contribution in [0.1, 0.15) is 16.7 Å². The van der Waals surface area contributed by atoms with E-state index in [-0.39, 0.29) is 0 Å². The van der Waals surface area contributed by atoms with E-state index in [4.69, 9.17) is 16.6 Å². The molecule has 0 unspecified atom stereocenters. The predicted octanol–water partition coefficient (Wildman–Crippen LogP) is 7.29. The first kappa shape index (κ1) is 21.4. The number of fused-ring (bicyclic) bond motifs is 2. The van der Waals surface area contributed by atoms with E-state index in [2.05, 4.69) is 90.1 Å². The van der Waals surface area contributed by atoms with Gasteiger partial charge >= 0.3 is 0 Å². The van der Waals surface area contributed by atoms with E-state index in [1.165, 1.54) is 16.7 Å². The fourth-order valence-electron chi connectivity index (χ4n) is 4.35. The molecule has 4 aromatic carbocycles. The van der Waals surface area contributed by atoms with Crippen LogP contribution < -0.4 is 5.32 Å². The molecule has 3 nitrogen and oxygen atoms in total. The molecule has 0 aliphatic carbocycles. The smallest absolute Gasteiger partial charge is 0.0745 e. The number of pyridine rings is 1. The number of para-hydroxylation sites is 1. The van der Waals surface area contributed by atoms with Crippen molar-refractivity contribution in [1.29, 1.82) is 0 Å². The van der Waals surface area contributed by atoms with Crippen molar-refractivity contribution >= 4 is 39.1 Å². The molecule has 0 aliphatic rings. The van der Waals surface area contributed by atoms with Gasteiger partial charge in [-0.2, -0.15) is 0 Å². The fourth-order valence-corrected chi connectivity index (χ4v) is 4.51. The van der Waals surface area contributed by atoms with Crippen LogP contribution in [0.4, 0.5) is 5.69 Å². The quantitative estimate of drug-likeness (QED) is 0.263. The number of anilines is 1. The summed E-state index contributed by atoms with van der Waals surface area (Å²) in [6.07, 6.45) is 0. The van der Waals surface area contributed by atoms with Gasteiger partial charge in [0.25, 0.3) is 0 Å². The first-order valence-corrected chi connectivity index (χ1v) is 11.6. The second-order valence-corrected chi connectivity index (χ2v) is 8.93. The summed E-state index contributed by atoms with van der Waals surface area (Å²) >= 11 is 6.24. The minimum Gasteiger partial charge on any atom is -0.380 e. The van der Waals surface area contributed by atoms with Gasteiger partial charge in [0.05, 0.1) is 16.7 Å². The monoisotopic (exact) mass is 451 g/mol. The topological polar surface area (TPSA) is 28.2 Å². The lowest BCUT2D eigenvalue weighted by Crippen LogP contribution is -2.17. The molecule has 0 spiro atoms. The molecule has 33 heavy (non-hydrogen) atoms. The number of nitrogens with zero attached hydrogens (tertiary/aromatic N) is 2. The van der Waals surface area contributed by atoms with Gasteiger partial charge < -0.3 is 5.32 Å². The van der Waals surface area contributed by atoms with E-state index in [1.54, 1.807) is 0 Å². The van der Waals surface area contributed by atoms with Crippen molar-refractivity contribution in [2.24, 2.45) is 0 Å². The maximum atomic E-state index is 6.24. The van der Waals surface area contributed by atoms with Crippen LogP contribution in [-0.2, 0) is 19.6 Å². The molecule has 1 N–H and O–H groups in total. The van der Waals surface area contributed by atoms with Crippen LogP contribution in [0.5, 0.6) is 0 Å². The highest BCUT2D eigenvalue weighted by molar-refractivity contribution is 6.31. The number of aromatic nitrogens is 1. The van der Waals surface area contributed by atoms with Crippen molar-refractivity contribution in [1.82, 2.24) is 9.88 Å². The summed E-state index contributed by atoms with van der Waals surface area (Å²) in [7, 11) is 2.16. The molecular weight excluding hydrogens is 426 g/mol. The van der Waals surface area contributed by atoms with Crippen molar-refractivity contribution in [3.8, 4) is 0 Å². The lowest BCUT2D eigenvalue weighted by molar-refractivity contribution is 0.319. The summed E-state index contributed by atoms with van der Waals surface area (Å²) < 4.78 is 0. The summed E-state index contributed by atoms with van der Waals surface area (Å²) in [4.78, 5) is 7.15. The second kappa shape index (κ2) is 9.62. The number of nitrogens with one attached hydrogen (secondary N) is 1. The molecule has 5 rings (SSSR count). The van der Waals surface area contributed by atoms with Gasteiger partial charge in [-0.1, -0.05) is 84.4 Å². The van der Waals surface area contributed by atoms with Crippen molar-refractivity contribution in [2.75, 3.05) is 12.4 Å². The van der Waals surface area contributed by atoms with E-state index in [9.17, 15) is 0 Å². The number of rotatable bonds is 7. The van der Waals surface area contributed by atoms with E-state index in [1.807, 2.05) is 24.3 Å². The Morgan fingerprint density at radius 1 is 0.697 bits per heavy atom. The van der Waals surface area contributed by atoms with Crippen LogP contribution in [0.25, 0.3) is 21.8 Å². The van der Waals surface area contributed by atoms with Crippen LogP contribution in [-0.4, -0.2) is 16.9 Å². The zero-order valence-corrected chi connectivity index (χ0v) is 19.4. The van der Waals surface area contributed by atoms with Crippen LogP contribution in [0.3, 0.4) is 0 Å². The average Bonchev–Trinajstić information content (AvgIpc) is 2.82. The van der Waals surface area contributed by atoms with Gasteiger partial charge in [-0.15, -0.1) is 0 Å². The molecule has 0 saturated carbocycles. The lowest BCUT2D eigenvalue weighted by Gasteiger charge is -2.18. The van der Waals surface area contributed by atoms with Crippen LogP contribution >= 0.6 is 11.6 Å². The van der Waals surface area contributed by atoms with Gasteiger partial charge in [0, 0.05) is 35.4 Å². The minimum absolute atomic E-state index is 0.698. The minimum atomic E-state index is 0.698. The Morgan fingerprint density at radius 2 is 1.39 bits per heavy atom. The molecule has 4 heteroatoms. The van der Waals surface area contributed by atoms with Crippen molar-refractivity contribution in [2.45, 2.75) is 19.6 Å². The number of hydrogen-bond donors (Lipinski definition) is 1. The molecule has 5 aromatic rings. The van der Waals surface area contributed by atoms with E-state index in [0.29, 0.717) is 5.02 Å². The summed E-state index contributed by atoms with van der Waals surface area (Å²) in [5.74, 6) is 0. The number of hydrogen-bond acceptors (Lipinski definition) is 3.